The average Bonchev–Trinajstić information content (AvgIpc) is 3.76. The first-order valence-corrected chi connectivity index (χ1v) is 25.9. The fourth-order valence-electron chi connectivity index (χ4n) is 8.57. The molecule has 3 amide bonds. The van der Waals surface area contributed by atoms with Crippen molar-refractivity contribution in [3.05, 3.63) is 93.0 Å². The number of carboxylic acids is 2. The second-order valence-corrected chi connectivity index (χ2v) is 23.5. The lowest BCUT2D eigenvalue weighted by Gasteiger charge is -2.28. The Morgan fingerprint density at radius 3 is 2.09 bits per heavy atom. The maximum atomic E-state index is 15.6. The number of carboxylic acid groups (broad SMARTS) is 2. The lowest BCUT2D eigenvalue weighted by Crippen LogP contribution is -2.58. The number of halogens is 11. The van der Waals surface area contributed by atoms with Crippen LogP contribution in [0.3, 0.4) is 0 Å². The minimum atomic E-state index is -5.27. The summed E-state index contributed by atoms with van der Waals surface area (Å²) in [5.74, 6) is -10.5. The second kappa shape index (κ2) is 19.2. The fraction of sp³-hybridized carbons (Fsp3) is 0.400. The van der Waals surface area contributed by atoms with E-state index in [-0.39, 0.29) is 31.3 Å². The highest BCUT2D eigenvalue weighted by molar-refractivity contribution is 7.93. The monoisotopic (exact) mass is 1140 g/mol. The van der Waals surface area contributed by atoms with E-state index in [0.717, 1.165) is 42.7 Å². The lowest BCUT2D eigenvalue weighted by molar-refractivity contribution is -0.150. The number of urea groups is 1. The van der Waals surface area contributed by atoms with E-state index in [1.54, 1.807) is 5.32 Å². The largest absolute Gasteiger partial charge is 0.481 e. The van der Waals surface area contributed by atoms with Crippen LogP contribution in [-0.4, -0.2) is 104 Å². The summed E-state index contributed by atoms with van der Waals surface area (Å²) in [4.78, 5) is 56.4. The molecule has 7 rings (SSSR count). The molecule has 4 atom stereocenters. The average molecular weight is 1140 g/mol. The molecule has 76 heavy (non-hydrogen) atoms. The number of rotatable bonds is 15. The molecule has 2 aromatic carbocycles. The van der Waals surface area contributed by atoms with E-state index < -0.39 is 183 Å². The molecule has 0 spiro atoms. The Morgan fingerprint density at radius 2 is 1.54 bits per heavy atom. The Morgan fingerprint density at radius 1 is 0.921 bits per heavy atom. The third-order valence-corrected chi connectivity index (χ3v) is 15.6. The zero-order valence-electron chi connectivity index (χ0n) is 39.6. The topological polar surface area (TPSA) is 253 Å². The Kier molecular flexibility index (Phi) is 14.3. The van der Waals surface area contributed by atoms with E-state index in [2.05, 4.69) is 32.3 Å². The van der Waals surface area contributed by atoms with E-state index >= 15 is 8.78 Å². The van der Waals surface area contributed by atoms with Crippen LogP contribution in [0.5, 0.6) is 0 Å². The van der Waals surface area contributed by atoms with Gasteiger partial charge in [-0.1, -0.05) is 23.6 Å². The number of hydrogen-bond acceptors (Lipinski definition) is 11. The molecular weight excluding hydrogens is 1100 g/mol. The van der Waals surface area contributed by atoms with E-state index in [4.69, 9.17) is 11.6 Å². The van der Waals surface area contributed by atoms with Gasteiger partial charge in [-0.25, -0.2) is 40.2 Å². The molecule has 3 aromatic heterocycles. The van der Waals surface area contributed by atoms with Gasteiger partial charge in [-0.2, -0.15) is 49.6 Å². The van der Waals surface area contributed by atoms with Crippen molar-refractivity contribution in [3.8, 4) is 23.0 Å². The van der Waals surface area contributed by atoms with Crippen LogP contribution in [0.1, 0.15) is 79.5 Å². The molecule has 0 bridgehead atoms. The maximum Gasteiger partial charge on any atom is 0.435 e. The van der Waals surface area contributed by atoms with Gasteiger partial charge in [0.05, 0.1) is 40.3 Å². The zero-order valence-corrected chi connectivity index (χ0v) is 42.0. The Labute approximate surface area is 428 Å². The summed E-state index contributed by atoms with van der Waals surface area (Å²) in [6.07, 6.45) is -11.8. The molecule has 0 aliphatic heterocycles. The molecule has 31 heteroatoms. The van der Waals surface area contributed by atoms with Crippen LogP contribution in [0, 0.1) is 29.4 Å². The summed E-state index contributed by atoms with van der Waals surface area (Å²) in [6.45, 7) is -0.425. The van der Waals surface area contributed by atoms with Gasteiger partial charge >= 0.3 is 30.3 Å². The van der Waals surface area contributed by atoms with Crippen LogP contribution in [-0.2, 0) is 65.9 Å². The van der Waals surface area contributed by atoms with Gasteiger partial charge < -0.3 is 20.8 Å². The molecule has 408 valence electrons. The second-order valence-electron chi connectivity index (χ2n) is 18.7. The standard InChI is InChI=1S/C45H39ClF10N8O10S2/c1-41(2,75(4,71)72)11-10-23-6-7-24(25-8-9-28(46)33-35(25)63(19-43(49,50)51)61-38(33)64(76(5,73)74)40(70)59-42(3,39(68)69)17-31(66)67)34(57-23)29(14-20-12-21(47)15-22(48)13-20)58-30(65)18-62-37-32(36(60-62)45(54,55)56)26-16-27(26)44(37,52)53/h6-9,12-13,15,26-27,29H,14,16-19H2,1-5H3,(H,58,65)(H,59,70)(H,66,67)(H,68,69)/t26-,27+,29?,42?/m0/s1. The van der Waals surface area contributed by atoms with Crippen molar-refractivity contribution < 1.29 is 90.1 Å². The number of amides is 3. The van der Waals surface area contributed by atoms with Crippen molar-refractivity contribution in [2.24, 2.45) is 5.92 Å². The van der Waals surface area contributed by atoms with Crippen LogP contribution in [0.25, 0.3) is 22.0 Å². The van der Waals surface area contributed by atoms with E-state index in [9.17, 15) is 81.4 Å². The van der Waals surface area contributed by atoms with Crippen LogP contribution >= 0.6 is 11.6 Å². The highest BCUT2D eigenvalue weighted by Gasteiger charge is 2.68. The molecule has 1 saturated carbocycles. The number of aliphatic carboxylic acids is 2. The first kappa shape index (κ1) is 56.7. The Hall–Kier alpha value is -7.00. The van der Waals surface area contributed by atoms with Gasteiger partial charge in [-0.3, -0.25) is 19.0 Å². The SMILES string of the molecule is CC(CC(=O)O)(NC(=O)N(c1nn(CC(F)(F)F)c2c(-c3ccc(C#CC(C)(C)S(C)(=O)=O)nc3C(Cc3cc(F)cc(F)c3)NC(=O)Cn3nc(C(F)(F)F)c4c3C(F)(F)[C@@H]3C[C@H]43)ccc(Cl)c12)S(C)(=O)=O)C(=O)O. The number of alkyl halides is 8. The van der Waals surface area contributed by atoms with E-state index in [0.29, 0.717) is 19.2 Å². The highest BCUT2D eigenvalue weighted by Crippen LogP contribution is 2.68. The molecule has 0 saturated heterocycles. The van der Waals surface area contributed by atoms with Crippen LogP contribution in [0.4, 0.5) is 54.5 Å². The summed E-state index contributed by atoms with van der Waals surface area (Å²) in [7, 11) is -9.11. The van der Waals surface area contributed by atoms with Gasteiger partial charge in [0.25, 0.3) is 5.92 Å². The summed E-state index contributed by atoms with van der Waals surface area (Å²) in [5, 5.41) is 29.0. The van der Waals surface area contributed by atoms with Crippen molar-refractivity contribution in [2.75, 3.05) is 16.8 Å². The van der Waals surface area contributed by atoms with Gasteiger partial charge in [0.15, 0.2) is 21.3 Å². The summed E-state index contributed by atoms with van der Waals surface area (Å²) < 4.78 is 198. The van der Waals surface area contributed by atoms with Crippen molar-refractivity contribution in [1.82, 2.24) is 35.2 Å². The quantitative estimate of drug-likeness (QED) is 0.0605. The number of anilines is 1. The first-order valence-electron chi connectivity index (χ1n) is 21.8. The number of carbonyl (C=O) groups is 4. The lowest BCUT2D eigenvalue weighted by atomic mass is 9.93. The van der Waals surface area contributed by atoms with E-state index in [1.807, 2.05) is 0 Å². The Bertz CT molecular complexity index is 3560. The number of sulfone groups is 1. The van der Waals surface area contributed by atoms with Crippen LogP contribution in [0.15, 0.2) is 42.5 Å². The third-order valence-electron chi connectivity index (χ3n) is 12.4. The van der Waals surface area contributed by atoms with Crippen molar-refractivity contribution in [3.63, 3.8) is 0 Å². The van der Waals surface area contributed by atoms with E-state index in [1.165, 1.54) is 13.8 Å². The predicted octanol–water partition coefficient (Wildman–Crippen LogP) is 7.08. The van der Waals surface area contributed by atoms with Crippen LogP contribution < -0.4 is 14.9 Å². The number of nitrogens with one attached hydrogen (secondary N) is 2. The molecule has 5 aromatic rings. The number of carbonyl (C=O) groups excluding carboxylic acids is 2. The molecule has 0 radical (unpaired) electrons. The number of pyridine rings is 1. The summed E-state index contributed by atoms with van der Waals surface area (Å²) in [5.41, 5.74) is -9.46. The molecule has 1 fully saturated rings. The number of sulfonamides is 1. The third kappa shape index (κ3) is 11.3. The number of aromatic nitrogens is 5. The molecule has 2 aliphatic rings. The molecule has 2 aliphatic carbocycles. The summed E-state index contributed by atoms with van der Waals surface area (Å²) in [6, 6.07) is 2.18. The Balaban J connectivity index is 1.50. The number of benzene rings is 2. The van der Waals surface area contributed by atoms with Gasteiger partial charge in [-0.05, 0) is 81.3 Å². The number of fused-ring (bicyclic) bond motifs is 4. The highest BCUT2D eigenvalue weighted by atomic mass is 35.5. The molecule has 3 heterocycles. The first-order chi connectivity index (χ1) is 34.7. The van der Waals surface area contributed by atoms with Gasteiger partial charge in [0.1, 0.15) is 46.4 Å². The molecule has 4 N–H and O–H groups in total. The van der Waals surface area contributed by atoms with Crippen LogP contribution in [0.2, 0.25) is 5.02 Å². The molecule has 2 unspecified atom stereocenters. The zero-order chi connectivity index (χ0) is 56.8. The molecular formula is C45H39ClF10N8O10S2. The van der Waals surface area contributed by atoms with Gasteiger partial charge in [0.2, 0.25) is 15.9 Å². The minimum Gasteiger partial charge on any atom is -0.481 e. The summed E-state index contributed by atoms with van der Waals surface area (Å²) >= 11 is 6.59. The molecule has 18 nitrogen and oxygen atoms in total. The van der Waals surface area contributed by atoms with Crippen molar-refractivity contribution in [2.45, 2.75) is 93.6 Å². The fourth-order valence-corrected chi connectivity index (χ4v) is 9.83. The minimum absolute atomic E-state index is 0.105. The maximum absolute atomic E-state index is 15.6. The van der Waals surface area contributed by atoms with Crippen molar-refractivity contribution in [1.29, 1.82) is 0 Å². The van der Waals surface area contributed by atoms with Crippen molar-refractivity contribution >= 4 is 72.1 Å². The smallest absolute Gasteiger partial charge is 0.435 e. The van der Waals surface area contributed by atoms with Gasteiger partial charge in [-0.15, -0.1) is 0 Å². The number of nitrogens with zero attached hydrogens (tertiary/aromatic N) is 6. The normalized spacial score (nSPS) is 17.4. The number of hydrogen-bond donors (Lipinski definition) is 4. The van der Waals surface area contributed by atoms with Gasteiger partial charge in [0, 0.05) is 34.9 Å². The predicted molar refractivity (Wildman–Crippen MR) is 247 cm³/mol.